The highest BCUT2D eigenvalue weighted by Gasteiger charge is 2.32. The van der Waals surface area contributed by atoms with E-state index in [1.54, 1.807) is 20.2 Å². The van der Waals surface area contributed by atoms with E-state index in [1.807, 2.05) is 0 Å². The molecule has 0 saturated carbocycles. The lowest BCUT2D eigenvalue weighted by molar-refractivity contribution is 0.101. The zero-order chi connectivity index (χ0) is 25.4. The first-order valence-corrected chi connectivity index (χ1v) is 10.6. The van der Waals surface area contributed by atoms with E-state index in [9.17, 15) is 23.5 Å². The Morgan fingerprint density at radius 2 is 1.94 bits per heavy atom. The number of anilines is 1. The van der Waals surface area contributed by atoms with Gasteiger partial charge < -0.3 is 14.9 Å². The van der Waals surface area contributed by atoms with Crippen LogP contribution in [0, 0.1) is 11.6 Å². The monoisotopic (exact) mass is 504 g/mol. The number of aromatic nitrogens is 5. The van der Waals surface area contributed by atoms with E-state index in [4.69, 9.17) is 11.6 Å². The second kappa shape index (κ2) is 9.29. The summed E-state index contributed by atoms with van der Waals surface area (Å²) >= 11 is 6.30. The van der Waals surface area contributed by atoms with E-state index in [0.717, 1.165) is 23.0 Å². The second-order valence-corrected chi connectivity index (χ2v) is 8.31. The lowest BCUT2D eigenvalue weighted by Crippen LogP contribution is -2.29. The normalized spacial score (nSPS) is 13.0. The van der Waals surface area contributed by atoms with Crippen LogP contribution in [0.15, 0.2) is 46.3 Å². The molecule has 0 spiro atoms. The van der Waals surface area contributed by atoms with Crippen LogP contribution in [-0.2, 0) is 14.1 Å². The Morgan fingerprint density at radius 1 is 1.23 bits per heavy atom. The summed E-state index contributed by atoms with van der Waals surface area (Å²) < 4.78 is 35.3. The number of halogens is 3. The molecule has 0 aliphatic heterocycles. The molecule has 2 atom stereocenters. The number of aromatic hydroxyl groups is 1. The minimum atomic E-state index is -1.11. The fourth-order valence-electron chi connectivity index (χ4n) is 3.89. The van der Waals surface area contributed by atoms with Crippen LogP contribution in [0.2, 0.25) is 5.02 Å². The Labute approximate surface area is 201 Å². The predicted octanol–water partition coefficient (Wildman–Crippen LogP) is 3.33. The number of nitrogens with zero attached hydrogens (tertiary/aromatic N) is 5. The van der Waals surface area contributed by atoms with E-state index in [-0.39, 0.29) is 22.1 Å². The van der Waals surface area contributed by atoms with Crippen LogP contribution >= 0.6 is 11.6 Å². The first-order chi connectivity index (χ1) is 16.6. The Balaban J connectivity index is 1.86. The SMILES string of the molecule is CC(c1nc(C(=O)Nc2cnoc2)c(O)c(=O)n1C)C(c1cnn(C)c1)c1cc(F)c(F)cc1Cl. The average molecular weight is 505 g/mol. The highest BCUT2D eigenvalue weighted by Crippen LogP contribution is 2.41. The highest BCUT2D eigenvalue weighted by molar-refractivity contribution is 6.31. The van der Waals surface area contributed by atoms with Gasteiger partial charge in [0.1, 0.15) is 17.8 Å². The Hall–Kier alpha value is -4.06. The molecule has 182 valence electrons. The van der Waals surface area contributed by atoms with Crippen LogP contribution in [-0.4, -0.2) is 35.5 Å². The summed E-state index contributed by atoms with van der Waals surface area (Å²) in [5.74, 6) is -5.34. The number of carbonyl (C=O) groups excluding carboxylic acids is 1. The zero-order valence-corrected chi connectivity index (χ0v) is 19.4. The maximum absolute atomic E-state index is 14.2. The van der Waals surface area contributed by atoms with Crippen molar-refractivity contribution in [3.63, 3.8) is 0 Å². The lowest BCUT2D eigenvalue weighted by Gasteiger charge is -2.26. The summed E-state index contributed by atoms with van der Waals surface area (Å²) in [6, 6.07) is 1.84. The lowest BCUT2D eigenvalue weighted by atomic mass is 9.82. The fourth-order valence-corrected chi connectivity index (χ4v) is 4.16. The third-order valence-electron chi connectivity index (χ3n) is 5.57. The van der Waals surface area contributed by atoms with Crippen molar-refractivity contribution in [3.05, 3.63) is 86.6 Å². The van der Waals surface area contributed by atoms with Gasteiger partial charge in [-0.2, -0.15) is 5.10 Å². The van der Waals surface area contributed by atoms with Gasteiger partial charge in [-0.05, 0) is 23.3 Å². The van der Waals surface area contributed by atoms with Gasteiger partial charge in [-0.25, -0.2) is 13.8 Å². The standard InChI is InChI=1S/C22H19ClF2N6O4/c1-10(17(11-6-26-30(2)8-11)13-4-15(24)16(25)5-14(13)23)20-29-18(19(32)22(34)31(20)3)21(33)28-12-7-27-35-9-12/h4-10,17,32H,1-3H3,(H,28,33). The third kappa shape index (κ3) is 4.52. The molecule has 0 saturated heterocycles. The topological polar surface area (TPSA) is 128 Å². The van der Waals surface area contributed by atoms with E-state index < -0.39 is 46.4 Å². The maximum atomic E-state index is 14.2. The van der Waals surface area contributed by atoms with E-state index >= 15 is 0 Å². The van der Waals surface area contributed by atoms with Crippen molar-refractivity contribution >= 4 is 23.2 Å². The predicted molar refractivity (Wildman–Crippen MR) is 120 cm³/mol. The third-order valence-corrected chi connectivity index (χ3v) is 5.90. The van der Waals surface area contributed by atoms with Crippen LogP contribution in [0.25, 0.3) is 0 Å². The largest absolute Gasteiger partial charge is 0.501 e. The van der Waals surface area contributed by atoms with Crippen molar-refractivity contribution in [3.8, 4) is 5.75 Å². The van der Waals surface area contributed by atoms with Gasteiger partial charge in [0.2, 0.25) is 5.75 Å². The van der Waals surface area contributed by atoms with Gasteiger partial charge >= 0.3 is 0 Å². The molecule has 3 heterocycles. The zero-order valence-electron chi connectivity index (χ0n) is 18.7. The van der Waals surface area contributed by atoms with Crippen molar-refractivity contribution in [1.29, 1.82) is 0 Å². The van der Waals surface area contributed by atoms with Crippen molar-refractivity contribution in [2.75, 3.05) is 5.32 Å². The quantitative estimate of drug-likeness (QED) is 0.385. The fraction of sp³-hybridized carbons (Fsp3) is 0.227. The number of hydrogen-bond acceptors (Lipinski definition) is 7. The van der Waals surface area contributed by atoms with Gasteiger partial charge in [0, 0.05) is 37.2 Å². The van der Waals surface area contributed by atoms with Gasteiger partial charge in [0.25, 0.3) is 11.5 Å². The summed E-state index contributed by atoms with van der Waals surface area (Å²) in [4.78, 5) is 29.8. The average Bonchev–Trinajstić information content (AvgIpc) is 3.47. The number of aryl methyl sites for hydroxylation is 1. The summed E-state index contributed by atoms with van der Waals surface area (Å²) in [5.41, 5.74) is -0.418. The summed E-state index contributed by atoms with van der Waals surface area (Å²) in [5, 5.41) is 20.3. The molecule has 4 rings (SSSR count). The number of rotatable bonds is 6. The number of carbonyl (C=O) groups is 1. The second-order valence-electron chi connectivity index (χ2n) is 7.90. The van der Waals surface area contributed by atoms with E-state index in [0.29, 0.717) is 5.56 Å². The van der Waals surface area contributed by atoms with Crippen molar-refractivity contribution in [2.24, 2.45) is 14.1 Å². The maximum Gasteiger partial charge on any atom is 0.296 e. The van der Waals surface area contributed by atoms with Gasteiger partial charge in [-0.1, -0.05) is 23.7 Å². The van der Waals surface area contributed by atoms with Crippen LogP contribution in [0.1, 0.15) is 46.2 Å². The molecule has 4 aromatic rings. The molecule has 0 bridgehead atoms. The molecular formula is C22H19ClF2N6O4. The Bertz CT molecular complexity index is 1470. The molecule has 1 amide bonds. The van der Waals surface area contributed by atoms with Crippen LogP contribution in [0.3, 0.4) is 0 Å². The molecule has 0 radical (unpaired) electrons. The number of nitrogens with one attached hydrogen (secondary N) is 1. The van der Waals surface area contributed by atoms with Crippen LogP contribution < -0.4 is 10.9 Å². The molecule has 2 N–H and O–H groups in total. The highest BCUT2D eigenvalue weighted by atomic mass is 35.5. The first kappa shape index (κ1) is 24.1. The number of hydrogen-bond donors (Lipinski definition) is 2. The van der Waals surface area contributed by atoms with Crippen LogP contribution in [0.4, 0.5) is 14.5 Å². The molecule has 3 aromatic heterocycles. The minimum Gasteiger partial charge on any atom is -0.501 e. The number of benzene rings is 1. The first-order valence-electron chi connectivity index (χ1n) is 10.2. The Kier molecular flexibility index (Phi) is 6.39. The van der Waals surface area contributed by atoms with Gasteiger partial charge in [0.15, 0.2) is 17.3 Å². The van der Waals surface area contributed by atoms with Crippen molar-refractivity contribution in [1.82, 2.24) is 24.5 Å². The molecule has 13 heteroatoms. The van der Waals surface area contributed by atoms with Crippen molar-refractivity contribution in [2.45, 2.75) is 18.8 Å². The molecule has 0 aliphatic rings. The number of amides is 1. The smallest absolute Gasteiger partial charge is 0.296 e. The molecule has 2 unspecified atom stereocenters. The molecule has 1 aromatic carbocycles. The van der Waals surface area contributed by atoms with Gasteiger partial charge in [-0.3, -0.25) is 18.8 Å². The molecular weight excluding hydrogens is 486 g/mol. The summed E-state index contributed by atoms with van der Waals surface area (Å²) in [7, 11) is 3.05. The van der Waals surface area contributed by atoms with Gasteiger partial charge in [0.05, 0.1) is 12.4 Å². The van der Waals surface area contributed by atoms with E-state index in [2.05, 4.69) is 25.1 Å². The minimum absolute atomic E-state index is 0.0428. The molecule has 0 aliphatic carbocycles. The van der Waals surface area contributed by atoms with Crippen molar-refractivity contribution < 1.29 is 23.2 Å². The summed E-state index contributed by atoms with van der Waals surface area (Å²) in [6.45, 7) is 1.68. The molecule has 0 fully saturated rings. The molecule has 35 heavy (non-hydrogen) atoms. The van der Waals surface area contributed by atoms with Gasteiger partial charge in [-0.15, -0.1) is 0 Å². The summed E-state index contributed by atoms with van der Waals surface area (Å²) in [6.07, 6.45) is 5.57. The molecule has 10 nitrogen and oxygen atoms in total. The van der Waals surface area contributed by atoms with Crippen LogP contribution in [0.5, 0.6) is 5.75 Å². The Morgan fingerprint density at radius 3 is 2.57 bits per heavy atom. The van der Waals surface area contributed by atoms with E-state index in [1.165, 1.54) is 24.1 Å².